The Hall–Kier alpha value is -3.31. The molecule has 11 heteroatoms. The van der Waals surface area contributed by atoms with Crippen LogP contribution >= 0.6 is 0 Å². The number of anilines is 2. The first kappa shape index (κ1) is 20.6. The number of morpholine rings is 1. The number of H-pyrrole nitrogens is 1. The van der Waals surface area contributed by atoms with Gasteiger partial charge in [0.1, 0.15) is 11.6 Å². The highest BCUT2D eigenvalue weighted by Crippen LogP contribution is 2.27. The van der Waals surface area contributed by atoms with Crippen LogP contribution in [0.5, 0.6) is 0 Å². The summed E-state index contributed by atoms with van der Waals surface area (Å²) >= 11 is 0. The van der Waals surface area contributed by atoms with E-state index in [0.29, 0.717) is 68.7 Å². The van der Waals surface area contributed by atoms with Crippen LogP contribution in [-0.4, -0.2) is 94.7 Å². The van der Waals surface area contributed by atoms with Gasteiger partial charge in [-0.05, 0) is 24.3 Å². The number of aromatic nitrogens is 4. The van der Waals surface area contributed by atoms with Gasteiger partial charge in [0.2, 0.25) is 11.9 Å². The molecule has 10 nitrogen and oxygen atoms in total. The predicted octanol–water partition coefficient (Wildman–Crippen LogP) is 0.722. The van der Waals surface area contributed by atoms with Gasteiger partial charge in [0, 0.05) is 44.8 Å². The molecule has 3 aromatic rings. The molecule has 3 N–H and O–H groups in total. The number of amides is 1. The third-order valence-corrected chi connectivity index (χ3v) is 5.86. The van der Waals surface area contributed by atoms with E-state index in [-0.39, 0.29) is 17.7 Å². The summed E-state index contributed by atoms with van der Waals surface area (Å²) in [4.78, 5) is 35.2. The van der Waals surface area contributed by atoms with Crippen molar-refractivity contribution in [3.05, 3.63) is 30.1 Å². The van der Waals surface area contributed by atoms with E-state index in [1.165, 1.54) is 12.1 Å². The molecule has 0 atom stereocenters. The minimum Gasteiger partial charge on any atom is -0.378 e. The third kappa shape index (κ3) is 4.21. The van der Waals surface area contributed by atoms with Crippen LogP contribution in [0.2, 0.25) is 0 Å². The number of nitrogens with two attached hydrogens (primary N) is 1. The number of nitrogens with one attached hydrogen (secondary N) is 1. The molecular weight excluding hydrogens is 415 g/mol. The van der Waals surface area contributed by atoms with Gasteiger partial charge in [-0.15, -0.1) is 0 Å². The molecule has 2 fully saturated rings. The molecule has 2 aromatic heterocycles. The Labute approximate surface area is 184 Å². The first-order valence-corrected chi connectivity index (χ1v) is 10.7. The van der Waals surface area contributed by atoms with Gasteiger partial charge in [0.15, 0.2) is 17.0 Å². The van der Waals surface area contributed by atoms with Crippen LogP contribution in [0.15, 0.2) is 24.3 Å². The average molecular weight is 440 g/mol. The molecule has 1 aromatic carbocycles. The number of halogens is 1. The van der Waals surface area contributed by atoms with Crippen molar-refractivity contribution in [1.82, 2.24) is 29.7 Å². The highest BCUT2D eigenvalue weighted by molar-refractivity contribution is 5.87. The van der Waals surface area contributed by atoms with Crippen LogP contribution in [-0.2, 0) is 9.53 Å². The normalized spacial score (nSPS) is 17.8. The first-order valence-electron chi connectivity index (χ1n) is 10.7. The SMILES string of the molecule is Nc1nc(N2CCN(CC(=O)N3CCOCC3)CC2)c2nc(-c3ccc(F)cc3)[nH]c2n1. The Morgan fingerprint density at radius 3 is 2.47 bits per heavy atom. The molecule has 2 aliphatic rings. The van der Waals surface area contributed by atoms with E-state index in [2.05, 4.69) is 29.7 Å². The number of benzene rings is 1. The van der Waals surface area contributed by atoms with Crippen LogP contribution in [0.1, 0.15) is 0 Å². The lowest BCUT2D eigenvalue weighted by Crippen LogP contribution is -2.51. The highest BCUT2D eigenvalue weighted by atomic mass is 19.1. The number of imidazole rings is 1. The van der Waals surface area contributed by atoms with Crippen molar-refractivity contribution < 1.29 is 13.9 Å². The molecule has 0 radical (unpaired) electrons. The van der Waals surface area contributed by atoms with E-state index in [1.807, 2.05) is 4.90 Å². The van der Waals surface area contributed by atoms with E-state index in [1.54, 1.807) is 12.1 Å². The number of aromatic amines is 1. The van der Waals surface area contributed by atoms with E-state index in [4.69, 9.17) is 10.5 Å². The number of hydrogen-bond donors (Lipinski definition) is 2. The third-order valence-electron chi connectivity index (χ3n) is 5.86. The summed E-state index contributed by atoms with van der Waals surface area (Å²) in [6.07, 6.45) is 0. The molecule has 1 amide bonds. The molecule has 0 spiro atoms. The second kappa shape index (κ2) is 8.67. The van der Waals surface area contributed by atoms with Crippen molar-refractivity contribution in [2.45, 2.75) is 0 Å². The second-order valence-corrected chi connectivity index (χ2v) is 7.95. The minimum atomic E-state index is -0.306. The predicted molar refractivity (Wildman–Crippen MR) is 118 cm³/mol. The maximum Gasteiger partial charge on any atom is 0.236 e. The lowest BCUT2D eigenvalue weighted by atomic mass is 10.2. The molecule has 32 heavy (non-hydrogen) atoms. The molecular formula is C21H25FN8O2. The smallest absolute Gasteiger partial charge is 0.236 e. The Morgan fingerprint density at radius 1 is 1.03 bits per heavy atom. The number of ether oxygens (including phenoxy) is 1. The molecule has 4 heterocycles. The molecule has 0 aliphatic carbocycles. The zero-order valence-electron chi connectivity index (χ0n) is 17.6. The van der Waals surface area contributed by atoms with Gasteiger partial charge in [-0.25, -0.2) is 9.37 Å². The number of carbonyl (C=O) groups is 1. The molecule has 0 bridgehead atoms. The van der Waals surface area contributed by atoms with Gasteiger partial charge in [-0.1, -0.05) is 0 Å². The number of piperazine rings is 1. The largest absolute Gasteiger partial charge is 0.378 e. The molecule has 0 saturated carbocycles. The summed E-state index contributed by atoms with van der Waals surface area (Å²) in [7, 11) is 0. The monoisotopic (exact) mass is 440 g/mol. The van der Waals surface area contributed by atoms with Gasteiger partial charge in [0.05, 0.1) is 19.8 Å². The average Bonchev–Trinajstić information content (AvgIpc) is 3.24. The summed E-state index contributed by atoms with van der Waals surface area (Å²) in [5.41, 5.74) is 7.87. The zero-order chi connectivity index (χ0) is 22.1. The van der Waals surface area contributed by atoms with E-state index >= 15 is 0 Å². The lowest BCUT2D eigenvalue weighted by molar-refractivity contribution is -0.136. The number of fused-ring (bicyclic) bond motifs is 1. The lowest BCUT2D eigenvalue weighted by Gasteiger charge is -2.36. The van der Waals surface area contributed by atoms with Gasteiger partial charge in [-0.2, -0.15) is 9.97 Å². The number of nitrogens with zero attached hydrogens (tertiary/aromatic N) is 6. The summed E-state index contributed by atoms with van der Waals surface area (Å²) in [5.74, 6) is 1.24. The molecule has 168 valence electrons. The van der Waals surface area contributed by atoms with Gasteiger partial charge >= 0.3 is 0 Å². The molecule has 5 rings (SSSR count). The van der Waals surface area contributed by atoms with Crippen molar-refractivity contribution in [3.8, 4) is 11.4 Å². The minimum absolute atomic E-state index is 0.145. The second-order valence-electron chi connectivity index (χ2n) is 7.95. The molecule has 0 unspecified atom stereocenters. The van der Waals surface area contributed by atoms with Crippen molar-refractivity contribution in [2.75, 3.05) is 69.7 Å². The Kier molecular flexibility index (Phi) is 5.58. The maximum absolute atomic E-state index is 13.3. The zero-order valence-corrected chi connectivity index (χ0v) is 17.6. The van der Waals surface area contributed by atoms with Crippen molar-refractivity contribution in [1.29, 1.82) is 0 Å². The number of rotatable bonds is 4. The molecule has 2 aliphatic heterocycles. The number of carbonyl (C=O) groups excluding carboxylic acids is 1. The fraction of sp³-hybridized carbons (Fsp3) is 0.429. The Balaban J connectivity index is 1.30. The number of nitrogen functional groups attached to an aromatic ring is 1. The van der Waals surface area contributed by atoms with Crippen LogP contribution in [0.25, 0.3) is 22.6 Å². The summed E-state index contributed by atoms with van der Waals surface area (Å²) < 4.78 is 18.6. The maximum atomic E-state index is 13.3. The van der Waals surface area contributed by atoms with Crippen molar-refractivity contribution >= 4 is 28.8 Å². The van der Waals surface area contributed by atoms with Crippen molar-refractivity contribution in [3.63, 3.8) is 0 Å². The van der Waals surface area contributed by atoms with Crippen molar-refractivity contribution in [2.24, 2.45) is 0 Å². The van der Waals surface area contributed by atoms with Crippen LogP contribution in [0.3, 0.4) is 0 Å². The van der Waals surface area contributed by atoms with Gasteiger partial charge in [0.25, 0.3) is 0 Å². The van der Waals surface area contributed by atoms with Crippen LogP contribution in [0, 0.1) is 5.82 Å². The topological polar surface area (TPSA) is 117 Å². The summed E-state index contributed by atoms with van der Waals surface area (Å²) in [6, 6.07) is 6.10. The Morgan fingerprint density at radius 2 is 1.75 bits per heavy atom. The van der Waals surface area contributed by atoms with E-state index in [0.717, 1.165) is 18.7 Å². The quantitative estimate of drug-likeness (QED) is 0.610. The van der Waals surface area contributed by atoms with Gasteiger partial charge in [-0.3, -0.25) is 9.69 Å². The fourth-order valence-corrected chi connectivity index (χ4v) is 4.09. The fourth-order valence-electron chi connectivity index (χ4n) is 4.09. The molecule has 2 saturated heterocycles. The summed E-state index contributed by atoms with van der Waals surface area (Å²) in [6.45, 7) is 5.79. The van der Waals surface area contributed by atoms with Gasteiger partial charge < -0.3 is 25.3 Å². The van der Waals surface area contributed by atoms with E-state index in [9.17, 15) is 9.18 Å². The van der Waals surface area contributed by atoms with Crippen LogP contribution in [0.4, 0.5) is 16.2 Å². The standard InChI is InChI=1S/C21H25FN8O2/c22-15-3-1-14(2-4-15)18-24-17-19(25-18)26-21(23)27-20(17)30-7-5-28(6-8-30)13-16(31)29-9-11-32-12-10-29/h1-4H,5-13H2,(H3,23,24,25,26,27). The number of hydrogen-bond acceptors (Lipinski definition) is 8. The van der Waals surface area contributed by atoms with Crippen LogP contribution < -0.4 is 10.6 Å². The summed E-state index contributed by atoms with van der Waals surface area (Å²) in [5, 5.41) is 0. The highest BCUT2D eigenvalue weighted by Gasteiger charge is 2.25. The van der Waals surface area contributed by atoms with E-state index < -0.39 is 0 Å². The Bertz CT molecular complexity index is 1100. The first-order chi connectivity index (χ1) is 15.6.